The predicted octanol–water partition coefficient (Wildman–Crippen LogP) is 6.76. The molecule has 1 aliphatic rings. The third-order valence-corrected chi connectivity index (χ3v) is 5.38. The van der Waals surface area contributed by atoms with Gasteiger partial charge in [0.05, 0.1) is 0 Å². The van der Waals surface area contributed by atoms with E-state index in [1.54, 1.807) is 0 Å². The van der Waals surface area contributed by atoms with Crippen LogP contribution < -0.4 is 4.90 Å². The monoisotopic (exact) mass is 377 g/mol. The van der Waals surface area contributed by atoms with Gasteiger partial charge in [-0.15, -0.1) is 0 Å². The number of nitrogens with zero attached hydrogens (tertiary/aromatic N) is 1. The number of carbonyl (C=O) groups excluding carboxylic acids is 1. The van der Waals surface area contributed by atoms with Crippen LogP contribution in [0.5, 0.6) is 0 Å². The van der Waals surface area contributed by atoms with Crippen LogP contribution in [0.3, 0.4) is 0 Å². The summed E-state index contributed by atoms with van der Waals surface area (Å²) in [6, 6.07) is 8.59. The van der Waals surface area contributed by atoms with Crippen molar-refractivity contribution in [3.05, 3.63) is 76.4 Å². The summed E-state index contributed by atoms with van der Waals surface area (Å²) >= 11 is 0. The van der Waals surface area contributed by atoms with Crippen molar-refractivity contribution in [2.45, 2.75) is 58.8 Å². The summed E-state index contributed by atoms with van der Waals surface area (Å²) in [6.45, 7) is 6.54. The van der Waals surface area contributed by atoms with Crippen molar-refractivity contribution >= 4 is 12.0 Å². The molecule has 0 saturated carbocycles. The smallest absolute Gasteiger partial charge is 0.146 e. The number of hydrogen-bond acceptors (Lipinski definition) is 2. The van der Waals surface area contributed by atoms with Crippen LogP contribution >= 0.6 is 0 Å². The van der Waals surface area contributed by atoms with Crippen molar-refractivity contribution in [1.82, 2.24) is 0 Å². The Morgan fingerprint density at radius 3 is 2.36 bits per heavy atom. The lowest BCUT2D eigenvalue weighted by atomic mass is 9.81. The van der Waals surface area contributed by atoms with Crippen molar-refractivity contribution in [3.8, 4) is 0 Å². The van der Waals surface area contributed by atoms with E-state index in [0.29, 0.717) is 0 Å². The molecule has 0 heterocycles. The average molecular weight is 378 g/mol. The fraction of sp³-hybridized carbons (Fsp3) is 0.423. The summed E-state index contributed by atoms with van der Waals surface area (Å²) in [4.78, 5) is 13.7. The number of rotatable bonds is 9. The lowest BCUT2D eigenvalue weighted by Crippen LogP contribution is -2.11. The van der Waals surface area contributed by atoms with Crippen molar-refractivity contribution in [2.75, 3.05) is 19.0 Å². The summed E-state index contributed by atoms with van der Waals surface area (Å²) in [7, 11) is 4.09. The van der Waals surface area contributed by atoms with E-state index >= 15 is 0 Å². The molecule has 0 amide bonds. The lowest BCUT2D eigenvalue weighted by molar-refractivity contribution is -0.105. The van der Waals surface area contributed by atoms with Crippen LogP contribution in [0.1, 0.15) is 64.4 Å². The van der Waals surface area contributed by atoms with Crippen molar-refractivity contribution in [3.63, 3.8) is 0 Å². The molecular weight excluding hydrogens is 342 g/mol. The molecule has 0 spiro atoms. The zero-order chi connectivity index (χ0) is 20.5. The van der Waals surface area contributed by atoms with Crippen LogP contribution in [-0.4, -0.2) is 20.4 Å². The number of allylic oxidation sites excluding steroid dienone is 8. The topological polar surface area (TPSA) is 20.3 Å². The largest absolute Gasteiger partial charge is 0.378 e. The predicted molar refractivity (Wildman–Crippen MR) is 122 cm³/mol. The Hall–Kier alpha value is -2.35. The fourth-order valence-electron chi connectivity index (χ4n) is 3.59. The number of benzene rings is 1. The zero-order valence-corrected chi connectivity index (χ0v) is 18.2. The third-order valence-electron chi connectivity index (χ3n) is 5.38. The first-order valence-corrected chi connectivity index (χ1v) is 10.3. The summed E-state index contributed by atoms with van der Waals surface area (Å²) in [5.41, 5.74) is 7.58. The van der Waals surface area contributed by atoms with Gasteiger partial charge in [0.1, 0.15) is 6.29 Å². The van der Waals surface area contributed by atoms with Crippen molar-refractivity contribution in [1.29, 1.82) is 0 Å². The minimum Gasteiger partial charge on any atom is -0.378 e. The van der Waals surface area contributed by atoms with Crippen LogP contribution in [0.2, 0.25) is 0 Å². The van der Waals surface area contributed by atoms with Crippen LogP contribution in [0.15, 0.2) is 70.9 Å². The Kier molecular flexibility index (Phi) is 8.50. The van der Waals surface area contributed by atoms with Gasteiger partial charge in [-0.3, -0.25) is 4.79 Å². The van der Waals surface area contributed by atoms with Gasteiger partial charge in [-0.1, -0.05) is 53.2 Å². The molecule has 1 aliphatic carbocycles. The summed E-state index contributed by atoms with van der Waals surface area (Å²) in [6.07, 6.45) is 15.2. The maximum absolute atomic E-state index is 11.6. The van der Waals surface area contributed by atoms with E-state index in [2.05, 4.69) is 68.2 Å². The van der Waals surface area contributed by atoms with Gasteiger partial charge in [0, 0.05) is 25.7 Å². The van der Waals surface area contributed by atoms with Crippen LogP contribution in [0, 0.1) is 0 Å². The van der Waals surface area contributed by atoms with Gasteiger partial charge >= 0.3 is 0 Å². The minimum atomic E-state index is 0.177. The Morgan fingerprint density at radius 2 is 1.75 bits per heavy atom. The van der Waals surface area contributed by atoms with Gasteiger partial charge in [-0.05, 0) is 76.1 Å². The van der Waals surface area contributed by atoms with Crippen LogP contribution in [0.4, 0.5) is 5.69 Å². The third kappa shape index (κ3) is 6.67. The maximum Gasteiger partial charge on any atom is 0.146 e. The quantitative estimate of drug-likeness (QED) is 0.350. The second kappa shape index (κ2) is 10.8. The van der Waals surface area contributed by atoms with Gasteiger partial charge < -0.3 is 4.90 Å². The molecule has 1 aromatic rings. The van der Waals surface area contributed by atoms with E-state index in [-0.39, 0.29) is 5.92 Å². The standard InChI is InChI=1S/C26H35NO/c1-20(2)8-6-9-21(3)10-7-11-22-12-13-24(19-28)26(18-22)23-14-16-25(17-15-23)27(4)5/h8,10,12-17,19,26H,6-7,9,11,18H2,1-5H3. The lowest BCUT2D eigenvalue weighted by Gasteiger charge is -2.23. The Labute approximate surface area is 171 Å². The first kappa shape index (κ1) is 21.9. The molecule has 2 nitrogen and oxygen atoms in total. The van der Waals surface area contributed by atoms with Crippen LogP contribution in [-0.2, 0) is 4.79 Å². The molecule has 2 rings (SSSR count). The first-order chi connectivity index (χ1) is 13.4. The average Bonchev–Trinajstić information content (AvgIpc) is 2.67. The number of hydrogen-bond donors (Lipinski definition) is 0. The second-order valence-corrected chi connectivity index (χ2v) is 8.26. The van der Waals surface area contributed by atoms with E-state index in [4.69, 9.17) is 0 Å². The summed E-state index contributed by atoms with van der Waals surface area (Å²) < 4.78 is 0. The van der Waals surface area contributed by atoms with Crippen molar-refractivity contribution < 1.29 is 4.79 Å². The number of anilines is 1. The Balaban J connectivity index is 1.98. The van der Waals surface area contributed by atoms with E-state index in [1.807, 2.05) is 20.2 Å². The summed E-state index contributed by atoms with van der Waals surface area (Å²) in [5, 5.41) is 0. The highest BCUT2D eigenvalue weighted by molar-refractivity contribution is 5.77. The zero-order valence-electron chi connectivity index (χ0n) is 18.2. The van der Waals surface area contributed by atoms with E-state index in [9.17, 15) is 4.79 Å². The molecule has 0 N–H and O–H groups in total. The van der Waals surface area contributed by atoms with Gasteiger partial charge in [-0.2, -0.15) is 0 Å². The second-order valence-electron chi connectivity index (χ2n) is 8.26. The van der Waals surface area contributed by atoms with Crippen LogP contribution in [0.25, 0.3) is 0 Å². The minimum absolute atomic E-state index is 0.177. The molecule has 0 aliphatic heterocycles. The first-order valence-electron chi connectivity index (χ1n) is 10.3. The van der Waals surface area contributed by atoms with Gasteiger partial charge in [0.25, 0.3) is 0 Å². The molecule has 0 radical (unpaired) electrons. The molecule has 0 aromatic heterocycles. The normalized spacial score (nSPS) is 16.9. The molecule has 150 valence electrons. The SMILES string of the molecule is CC(C)=CCCC(C)=CCCC1=CC=C(C=O)C(c2ccc(N(C)C)cc2)C1. The Bertz CT molecular complexity index is 771. The molecule has 0 bridgehead atoms. The highest BCUT2D eigenvalue weighted by Crippen LogP contribution is 2.35. The maximum atomic E-state index is 11.6. The van der Waals surface area contributed by atoms with Gasteiger partial charge in [0.2, 0.25) is 0 Å². The van der Waals surface area contributed by atoms with Crippen molar-refractivity contribution in [2.24, 2.45) is 0 Å². The van der Waals surface area contributed by atoms with E-state index in [0.717, 1.165) is 44.0 Å². The molecule has 0 fully saturated rings. The molecule has 2 heteroatoms. The molecular formula is C26H35NO. The van der Waals surface area contributed by atoms with Gasteiger partial charge in [-0.25, -0.2) is 0 Å². The molecule has 28 heavy (non-hydrogen) atoms. The number of carbonyl (C=O) groups is 1. The van der Waals surface area contributed by atoms with Gasteiger partial charge in [0.15, 0.2) is 0 Å². The highest BCUT2D eigenvalue weighted by Gasteiger charge is 2.20. The summed E-state index contributed by atoms with van der Waals surface area (Å²) in [5.74, 6) is 0.177. The number of aldehydes is 1. The Morgan fingerprint density at radius 1 is 1.04 bits per heavy atom. The molecule has 0 saturated heterocycles. The highest BCUT2D eigenvalue weighted by atomic mass is 16.1. The van der Waals surface area contributed by atoms with E-state index in [1.165, 1.54) is 28.0 Å². The molecule has 1 unspecified atom stereocenters. The van der Waals surface area contributed by atoms with E-state index < -0.39 is 0 Å². The molecule has 1 atom stereocenters. The molecule has 1 aromatic carbocycles. The fourth-order valence-corrected chi connectivity index (χ4v) is 3.59.